The van der Waals surface area contributed by atoms with Crippen LogP contribution in [-0.2, 0) is 6.18 Å². The van der Waals surface area contributed by atoms with E-state index in [0.29, 0.717) is 5.69 Å². The summed E-state index contributed by atoms with van der Waals surface area (Å²) in [5.41, 5.74) is -0.0895. The van der Waals surface area contributed by atoms with Crippen LogP contribution in [0.1, 0.15) is 25.3 Å². The molecule has 15 heavy (non-hydrogen) atoms. The van der Waals surface area contributed by atoms with Crippen LogP contribution in [0.15, 0.2) is 29.3 Å². The van der Waals surface area contributed by atoms with E-state index in [1.54, 1.807) is 6.21 Å². The summed E-state index contributed by atoms with van der Waals surface area (Å²) in [5, 5.41) is 0. The standard InChI is InChI=1S/C11H12F3N/c1-2-3-8-15-10-6-4-9(5-7-10)11(12,13)14/h4-8H,2-3H2,1H3. The van der Waals surface area contributed by atoms with Gasteiger partial charge in [0.1, 0.15) is 0 Å². The number of hydrogen-bond donors (Lipinski definition) is 0. The molecule has 1 rings (SSSR count). The van der Waals surface area contributed by atoms with Crippen molar-refractivity contribution in [2.45, 2.75) is 25.9 Å². The minimum atomic E-state index is -4.27. The van der Waals surface area contributed by atoms with Gasteiger partial charge in [0.05, 0.1) is 11.3 Å². The molecule has 1 aromatic rings. The number of benzene rings is 1. The first-order valence-corrected chi connectivity index (χ1v) is 4.74. The summed E-state index contributed by atoms with van der Waals surface area (Å²) in [6.45, 7) is 2.01. The maximum Gasteiger partial charge on any atom is 0.416 e. The molecule has 0 saturated carbocycles. The molecule has 0 unspecified atom stereocenters. The quantitative estimate of drug-likeness (QED) is 0.670. The maximum absolute atomic E-state index is 12.2. The van der Waals surface area contributed by atoms with Gasteiger partial charge in [0.25, 0.3) is 0 Å². The van der Waals surface area contributed by atoms with Gasteiger partial charge >= 0.3 is 6.18 Å². The first-order valence-electron chi connectivity index (χ1n) is 4.74. The van der Waals surface area contributed by atoms with E-state index in [2.05, 4.69) is 4.99 Å². The van der Waals surface area contributed by atoms with Crippen molar-refractivity contribution in [2.24, 2.45) is 4.99 Å². The highest BCUT2D eigenvalue weighted by Gasteiger charge is 2.29. The zero-order valence-electron chi connectivity index (χ0n) is 8.38. The smallest absolute Gasteiger partial charge is 0.261 e. The molecule has 0 aliphatic carbocycles. The molecule has 0 spiro atoms. The van der Waals surface area contributed by atoms with Gasteiger partial charge in [-0.25, -0.2) is 0 Å². The topological polar surface area (TPSA) is 12.4 Å². The average molecular weight is 215 g/mol. The Balaban J connectivity index is 2.73. The Bertz CT molecular complexity index is 325. The number of rotatable bonds is 3. The van der Waals surface area contributed by atoms with Gasteiger partial charge in [-0.15, -0.1) is 0 Å². The molecule has 4 heteroatoms. The molecule has 82 valence electrons. The van der Waals surface area contributed by atoms with E-state index in [0.717, 1.165) is 25.0 Å². The Hall–Kier alpha value is -1.32. The highest BCUT2D eigenvalue weighted by molar-refractivity contribution is 5.63. The van der Waals surface area contributed by atoms with Crippen LogP contribution >= 0.6 is 0 Å². The van der Waals surface area contributed by atoms with Crippen molar-refractivity contribution >= 4 is 11.9 Å². The minimum Gasteiger partial charge on any atom is -0.261 e. The molecular formula is C11H12F3N. The Morgan fingerprint density at radius 3 is 2.27 bits per heavy atom. The molecular weight excluding hydrogens is 203 g/mol. The van der Waals surface area contributed by atoms with Gasteiger partial charge in [-0.05, 0) is 30.7 Å². The third-order valence-corrected chi connectivity index (χ3v) is 1.85. The fourth-order valence-electron chi connectivity index (χ4n) is 1.04. The lowest BCUT2D eigenvalue weighted by molar-refractivity contribution is -0.137. The van der Waals surface area contributed by atoms with E-state index in [1.165, 1.54) is 12.1 Å². The molecule has 0 saturated heterocycles. The summed E-state index contributed by atoms with van der Waals surface area (Å²) < 4.78 is 36.6. The minimum absolute atomic E-state index is 0.552. The number of unbranched alkanes of at least 4 members (excludes halogenated alkanes) is 1. The van der Waals surface area contributed by atoms with Crippen molar-refractivity contribution in [1.82, 2.24) is 0 Å². The summed E-state index contributed by atoms with van der Waals surface area (Å²) in [6.07, 6.45) is -0.751. The molecule has 0 bridgehead atoms. The largest absolute Gasteiger partial charge is 0.416 e. The van der Waals surface area contributed by atoms with Gasteiger partial charge in [0.2, 0.25) is 0 Å². The van der Waals surface area contributed by atoms with Gasteiger partial charge < -0.3 is 0 Å². The summed E-state index contributed by atoms with van der Waals surface area (Å²) in [7, 11) is 0. The molecule has 0 N–H and O–H groups in total. The van der Waals surface area contributed by atoms with Crippen LogP contribution in [0.4, 0.5) is 18.9 Å². The number of hydrogen-bond acceptors (Lipinski definition) is 1. The zero-order valence-corrected chi connectivity index (χ0v) is 8.38. The van der Waals surface area contributed by atoms with E-state index < -0.39 is 11.7 Å². The van der Waals surface area contributed by atoms with Crippen molar-refractivity contribution < 1.29 is 13.2 Å². The molecule has 1 aromatic carbocycles. The van der Waals surface area contributed by atoms with Crippen molar-refractivity contribution in [3.8, 4) is 0 Å². The second kappa shape index (κ2) is 4.96. The van der Waals surface area contributed by atoms with Gasteiger partial charge in [0.15, 0.2) is 0 Å². The fourth-order valence-corrected chi connectivity index (χ4v) is 1.04. The number of aliphatic imine (C=N–C) groups is 1. The van der Waals surface area contributed by atoms with Gasteiger partial charge in [-0.1, -0.05) is 13.3 Å². The predicted molar refractivity (Wildman–Crippen MR) is 54.5 cm³/mol. The molecule has 1 nitrogen and oxygen atoms in total. The predicted octanol–water partition coefficient (Wildman–Crippen LogP) is 4.21. The highest BCUT2D eigenvalue weighted by Crippen LogP contribution is 2.30. The maximum atomic E-state index is 12.2. The summed E-state index contributed by atoms with van der Waals surface area (Å²) in [4.78, 5) is 4.03. The first-order chi connectivity index (χ1) is 7.04. The number of nitrogens with zero attached hydrogens (tertiary/aromatic N) is 1. The van der Waals surface area contributed by atoms with Gasteiger partial charge in [-0.2, -0.15) is 13.2 Å². The van der Waals surface area contributed by atoms with E-state index in [9.17, 15) is 13.2 Å². The molecule has 0 fully saturated rings. The molecule has 0 aliphatic heterocycles. The lowest BCUT2D eigenvalue weighted by atomic mass is 10.2. The Labute approximate surface area is 86.6 Å². The lowest BCUT2D eigenvalue weighted by Crippen LogP contribution is -2.03. The van der Waals surface area contributed by atoms with Gasteiger partial charge in [-0.3, -0.25) is 4.99 Å². The Kier molecular flexibility index (Phi) is 3.88. The second-order valence-electron chi connectivity index (χ2n) is 3.14. The molecule has 0 heterocycles. The molecule has 0 atom stereocenters. The van der Waals surface area contributed by atoms with Crippen molar-refractivity contribution in [2.75, 3.05) is 0 Å². The summed E-state index contributed by atoms with van der Waals surface area (Å²) in [6, 6.07) is 4.82. The normalized spacial score (nSPS) is 12.3. The molecule has 0 aliphatic rings. The third-order valence-electron chi connectivity index (χ3n) is 1.85. The van der Waals surface area contributed by atoms with E-state index in [-0.39, 0.29) is 0 Å². The number of alkyl halides is 3. The van der Waals surface area contributed by atoms with E-state index in [4.69, 9.17) is 0 Å². The molecule has 0 aromatic heterocycles. The van der Waals surface area contributed by atoms with Crippen molar-refractivity contribution in [1.29, 1.82) is 0 Å². The SMILES string of the molecule is CCCC=Nc1ccc(C(F)(F)F)cc1. The molecule has 0 amide bonds. The van der Waals surface area contributed by atoms with Crippen LogP contribution in [0.3, 0.4) is 0 Å². The zero-order chi connectivity index (χ0) is 11.3. The first kappa shape index (κ1) is 11.8. The lowest BCUT2D eigenvalue weighted by Gasteiger charge is -2.05. The van der Waals surface area contributed by atoms with E-state index >= 15 is 0 Å². The monoisotopic (exact) mass is 215 g/mol. The fraction of sp³-hybridized carbons (Fsp3) is 0.364. The third kappa shape index (κ3) is 3.73. The van der Waals surface area contributed by atoms with E-state index in [1.807, 2.05) is 6.92 Å². The van der Waals surface area contributed by atoms with Crippen LogP contribution in [-0.4, -0.2) is 6.21 Å². The Morgan fingerprint density at radius 1 is 1.20 bits per heavy atom. The van der Waals surface area contributed by atoms with Crippen LogP contribution < -0.4 is 0 Å². The van der Waals surface area contributed by atoms with Crippen LogP contribution in [0.2, 0.25) is 0 Å². The van der Waals surface area contributed by atoms with Crippen molar-refractivity contribution in [3.63, 3.8) is 0 Å². The number of halogens is 3. The van der Waals surface area contributed by atoms with Crippen LogP contribution in [0, 0.1) is 0 Å². The average Bonchev–Trinajstić information content (AvgIpc) is 2.18. The Morgan fingerprint density at radius 2 is 1.80 bits per heavy atom. The summed E-state index contributed by atoms with van der Waals surface area (Å²) >= 11 is 0. The van der Waals surface area contributed by atoms with Gasteiger partial charge in [0, 0.05) is 6.21 Å². The highest BCUT2D eigenvalue weighted by atomic mass is 19.4. The van der Waals surface area contributed by atoms with Crippen molar-refractivity contribution in [3.05, 3.63) is 29.8 Å². The van der Waals surface area contributed by atoms with Crippen LogP contribution in [0.5, 0.6) is 0 Å². The summed E-state index contributed by atoms with van der Waals surface area (Å²) in [5.74, 6) is 0. The van der Waals surface area contributed by atoms with Crippen LogP contribution in [0.25, 0.3) is 0 Å². The molecule has 0 radical (unpaired) electrons. The second-order valence-corrected chi connectivity index (χ2v) is 3.14.